The monoisotopic (exact) mass is 285 g/mol. The highest BCUT2D eigenvalue weighted by atomic mass is 16.6. The first-order valence-corrected chi connectivity index (χ1v) is 7.42. The Balaban J connectivity index is 2.19. The molecule has 0 aliphatic carbocycles. The molecule has 1 aliphatic rings. The van der Waals surface area contributed by atoms with Crippen LogP contribution in [0.15, 0.2) is 0 Å². The van der Waals surface area contributed by atoms with Crippen molar-refractivity contribution in [3.63, 3.8) is 0 Å². The fourth-order valence-corrected chi connectivity index (χ4v) is 2.32. The molecule has 1 rings (SSSR count). The van der Waals surface area contributed by atoms with E-state index in [1.165, 1.54) is 0 Å². The van der Waals surface area contributed by atoms with Gasteiger partial charge in [0.15, 0.2) is 0 Å². The average Bonchev–Trinajstić information content (AvgIpc) is 2.79. The van der Waals surface area contributed by atoms with E-state index in [1.807, 2.05) is 20.8 Å². The summed E-state index contributed by atoms with van der Waals surface area (Å²) in [6, 6.07) is 0. The van der Waals surface area contributed by atoms with Gasteiger partial charge in [-0.1, -0.05) is 6.92 Å². The number of nitrogens with one attached hydrogen (secondary N) is 1. The number of hydrogen-bond acceptors (Lipinski definition) is 4. The number of amides is 1. The lowest BCUT2D eigenvalue weighted by Gasteiger charge is -2.19. The third-order valence-corrected chi connectivity index (χ3v) is 3.29. The molecule has 0 aromatic heterocycles. The van der Waals surface area contributed by atoms with E-state index >= 15 is 0 Å². The maximum absolute atomic E-state index is 11.7. The summed E-state index contributed by atoms with van der Waals surface area (Å²) in [5, 5.41) is 2.88. The van der Waals surface area contributed by atoms with Gasteiger partial charge >= 0.3 is 5.97 Å². The lowest BCUT2D eigenvalue weighted by Crippen LogP contribution is -2.33. The van der Waals surface area contributed by atoms with Gasteiger partial charge in [0.2, 0.25) is 5.91 Å². The molecule has 1 N–H and O–H groups in total. The fourth-order valence-electron chi connectivity index (χ4n) is 2.32. The minimum absolute atomic E-state index is 0.0994. The predicted octanol–water partition coefficient (Wildman–Crippen LogP) is 2.04. The Labute approximate surface area is 121 Å². The highest BCUT2D eigenvalue weighted by molar-refractivity contribution is 5.81. The predicted molar refractivity (Wildman–Crippen MR) is 76.2 cm³/mol. The molecule has 2 atom stereocenters. The van der Waals surface area contributed by atoms with E-state index < -0.39 is 5.60 Å². The van der Waals surface area contributed by atoms with Crippen molar-refractivity contribution in [1.82, 2.24) is 5.32 Å². The summed E-state index contributed by atoms with van der Waals surface area (Å²) >= 11 is 0. The van der Waals surface area contributed by atoms with Crippen LogP contribution in [0.25, 0.3) is 0 Å². The third-order valence-electron chi connectivity index (χ3n) is 3.29. The number of hydrogen-bond donors (Lipinski definition) is 1. The molecule has 1 saturated heterocycles. The Bertz CT molecular complexity index is 335. The summed E-state index contributed by atoms with van der Waals surface area (Å²) in [5.41, 5.74) is -0.497. The number of esters is 1. The van der Waals surface area contributed by atoms with Crippen molar-refractivity contribution in [3.8, 4) is 0 Å². The van der Waals surface area contributed by atoms with E-state index in [-0.39, 0.29) is 30.8 Å². The van der Waals surface area contributed by atoms with Crippen molar-refractivity contribution in [3.05, 3.63) is 0 Å². The first-order chi connectivity index (χ1) is 9.31. The minimum Gasteiger partial charge on any atom is -0.460 e. The number of carbonyl (C=O) groups is 2. The first-order valence-electron chi connectivity index (χ1n) is 7.42. The summed E-state index contributed by atoms with van der Waals surface area (Å²) in [6.45, 7) is 8.94. The minimum atomic E-state index is -0.497. The second-order valence-corrected chi connectivity index (χ2v) is 6.26. The van der Waals surface area contributed by atoms with Gasteiger partial charge in [-0.05, 0) is 33.6 Å². The van der Waals surface area contributed by atoms with Gasteiger partial charge in [0.05, 0.1) is 12.5 Å². The molecule has 0 aromatic rings. The molecule has 1 heterocycles. The highest BCUT2D eigenvalue weighted by Gasteiger charge is 2.26. The highest BCUT2D eigenvalue weighted by Crippen LogP contribution is 2.22. The summed E-state index contributed by atoms with van der Waals surface area (Å²) < 4.78 is 10.7. The van der Waals surface area contributed by atoms with Crippen LogP contribution in [-0.4, -0.2) is 36.7 Å². The van der Waals surface area contributed by atoms with Gasteiger partial charge in [-0.3, -0.25) is 9.59 Å². The molecule has 5 heteroatoms. The Morgan fingerprint density at radius 3 is 2.60 bits per heavy atom. The van der Waals surface area contributed by atoms with Gasteiger partial charge in [0, 0.05) is 25.5 Å². The lowest BCUT2D eigenvalue weighted by molar-refractivity contribution is -0.155. The number of carbonyl (C=O) groups excluding carboxylic acids is 2. The van der Waals surface area contributed by atoms with Gasteiger partial charge < -0.3 is 14.8 Å². The summed E-state index contributed by atoms with van der Waals surface area (Å²) in [7, 11) is 0. The Morgan fingerprint density at radius 2 is 2.00 bits per heavy atom. The van der Waals surface area contributed by atoms with Crippen LogP contribution in [0.4, 0.5) is 0 Å². The lowest BCUT2D eigenvalue weighted by atomic mass is 9.99. The van der Waals surface area contributed by atoms with Crippen LogP contribution < -0.4 is 5.32 Å². The van der Waals surface area contributed by atoms with E-state index in [0.29, 0.717) is 12.5 Å². The molecular weight excluding hydrogens is 258 g/mol. The van der Waals surface area contributed by atoms with Crippen molar-refractivity contribution in [2.75, 3.05) is 13.2 Å². The van der Waals surface area contributed by atoms with Crippen LogP contribution in [-0.2, 0) is 19.1 Å². The maximum atomic E-state index is 11.7. The molecule has 0 aromatic carbocycles. The van der Waals surface area contributed by atoms with E-state index in [0.717, 1.165) is 19.4 Å². The largest absolute Gasteiger partial charge is 0.460 e. The average molecular weight is 285 g/mol. The van der Waals surface area contributed by atoms with Crippen LogP contribution in [0.2, 0.25) is 0 Å². The van der Waals surface area contributed by atoms with Crippen LogP contribution in [0, 0.1) is 5.92 Å². The first kappa shape index (κ1) is 17.0. The molecule has 0 bridgehead atoms. The molecule has 0 spiro atoms. The summed E-state index contributed by atoms with van der Waals surface area (Å²) in [5.74, 6) is -0.0358. The van der Waals surface area contributed by atoms with Gasteiger partial charge in [-0.2, -0.15) is 0 Å². The van der Waals surface area contributed by atoms with Gasteiger partial charge in [-0.25, -0.2) is 0 Å². The van der Waals surface area contributed by atoms with Crippen LogP contribution in [0.3, 0.4) is 0 Å². The maximum Gasteiger partial charge on any atom is 0.306 e. The van der Waals surface area contributed by atoms with Gasteiger partial charge in [-0.15, -0.1) is 0 Å². The van der Waals surface area contributed by atoms with Crippen molar-refractivity contribution in [1.29, 1.82) is 0 Å². The van der Waals surface area contributed by atoms with Crippen LogP contribution in [0.5, 0.6) is 0 Å². The zero-order valence-corrected chi connectivity index (χ0v) is 13.0. The zero-order valence-electron chi connectivity index (χ0n) is 13.0. The SMILES string of the molecule is CCC1OCCC1CNC(=O)CCC(=O)OC(C)(C)C. The second-order valence-electron chi connectivity index (χ2n) is 6.26. The second kappa shape index (κ2) is 7.62. The fraction of sp³-hybridized carbons (Fsp3) is 0.867. The smallest absolute Gasteiger partial charge is 0.306 e. The number of ether oxygens (including phenoxy) is 2. The van der Waals surface area contributed by atoms with Crippen LogP contribution in [0.1, 0.15) is 53.4 Å². The van der Waals surface area contributed by atoms with Gasteiger partial charge in [0.25, 0.3) is 0 Å². The topological polar surface area (TPSA) is 64.6 Å². The Kier molecular flexibility index (Phi) is 6.46. The molecule has 2 unspecified atom stereocenters. The molecule has 1 amide bonds. The molecular formula is C15H27NO4. The zero-order chi connectivity index (χ0) is 15.2. The van der Waals surface area contributed by atoms with E-state index in [9.17, 15) is 9.59 Å². The quantitative estimate of drug-likeness (QED) is 0.759. The summed E-state index contributed by atoms with van der Waals surface area (Å²) in [4.78, 5) is 23.2. The molecule has 20 heavy (non-hydrogen) atoms. The van der Waals surface area contributed by atoms with Crippen molar-refractivity contribution in [2.45, 2.75) is 65.1 Å². The Morgan fingerprint density at radius 1 is 1.30 bits per heavy atom. The van der Waals surface area contributed by atoms with E-state index in [2.05, 4.69) is 12.2 Å². The molecule has 1 aliphatic heterocycles. The van der Waals surface area contributed by atoms with E-state index in [1.54, 1.807) is 0 Å². The van der Waals surface area contributed by atoms with Crippen molar-refractivity contribution in [2.24, 2.45) is 5.92 Å². The molecule has 0 radical (unpaired) electrons. The third kappa shape index (κ3) is 6.37. The summed E-state index contributed by atoms with van der Waals surface area (Å²) in [6.07, 6.45) is 2.52. The molecule has 5 nitrogen and oxygen atoms in total. The van der Waals surface area contributed by atoms with E-state index in [4.69, 9.17) is 9.47 Å². The Hall–Kier alpha value is -1.10. The van der Waals surface area contributed by atoms with Crippen molar-refractivity contribution < 1.29 is 19.1 Å². The molecule has 116 valence electrons. The van der Waals surface area contributed by atoms with Crippen molar-refractivity contribution >= 4 is 11.9 Å². The number of rotatable bonds is 6. The molecule has 1 fully saturated rings. The molecule has 0 saturated carbocycles. The standard InChI is InChI=1S/C15H27NO4/c1-5-12-11(8-9-19-12)10-16-13(17)6-7-14(18)20-15(2,3)4/h11-12H,5-10H2,1-4H3,(H,16,17). The normalized spacial score (nSPS) is 22.6. The van der Waals surface area contributed by atoms with Gasteiger partial charge in [0.1, 0.15) is 5.60 Å². The van der Waals surface area contributed by atoms with Crippen LogP contribution >= 0.6 is 0 Å².